The van der Waals surface area contributed by atoms with Crippen molar-refractivity contribution in [3.63, 3.8) is 0 Å². The maximum absolute atomic E-state index is 10.3. The zero-order valence-corrected chi connectivity index (χ0v) is 5.90. The van der Waals surface area contributed by atoms with Gasteiger partial charge >= 0.3 is 0 Å². The molecule has 1 atom stereocenters. The summed E-state index contributed by atoms with van der Waals surface area (Å²) in [6.45, 7) is 3.22. The first-order chi connectivity index (χ1) is 4.95. The first kappa shape index (κ1) is 10.1. The molecular formula is C6H11NO4. The number of amides is 1. The van der Waals surface area contributed by atoms with Gasteiger partial charge in [0.1, 0.15) is 6.10 Å². The van der Waals surface area contributed by atoms with Gasteiger partial charge in [0.25, 0.3) is 0 Å². The van der Waals surface area contributed by atoms with Gasteiger partial charge in [0.15, 0.2) is 6.29 Å². The van der Waals surface area contributed by atoms with Crippen LogP contribution in [0.5, 0.6) is 0 Å². The average molecular weight is 161 g/mol. The lowest BCUT2D eigenvalue weighted by atomic mass is 10.1. The molecule has 1 unspecified atom stereocenters. The normalized spacial score (nSPS) is 13.1. The lowest BCUT2D eigenvalue weighted by Crippen LogP contribution is -2.28. The summed E-state index contributed by atoms with van der Waals surface area (Å²) in [4.78, 5) is 10.3. The Morgan fingerprint density at radius 1 is 1.45 bits per heavy atom. The molecular weight excluding hydrogens is 150 g/mol. The molecule has 0 fully saturated rings. The Kier molecular flexibility index (Phi) is 3.73. The number of primary amides is 1. The number of nitrogens with two attached hydrogens (primary N) is 1. The average Bonchev–Trinajstić information content (AvgIpc) is 1.87. The molecule has 0 rings (SSSR count). The summed E-state index contributed by atoms with van der Waals surface area (Å²) >= 11 is 0. The molecule has 11 heavy (non-hydrogen) atoms. The highest BCUT2D eigenvalue weighted by Gasteiger charge is 2.15. The molecule has 0 bridgehead atoms. The fourth-order valence-corrected chi connectivity index (χ4v) is 0.458. The van der Waals surface area contributed by atoms with Gasteiger partial charge in [0.2, 0.25) is 5.91 Å². The summed E-state index contributed by atoms with van der Waals surface area (Å²) in [5.74, 6) is -0.760. The lowest BCUT2D eigenvalue weighted by molar-refractivity contribution is -0.124. The van der Waals surface area contributed by atoms with Crippen LogP contribution in [0.1, 0.15) is 6.42 Å². The van der Waals surface area contributed by atoms with Crippen LogP contribution < -0.4 is 5.73 Å². The summed E-state index contributed by atoms with van der Waals surface area (Å²) in [5, 5.41) is 25.5. The molecule has 0 aliphatic carbocycles. The third-order valence-corrected chi connectivity index (χ3v) is 1.15. The molecule has 0 aliphatic heterocycles. The van der Waals surface area contributed by atoms with Crippen LogP contribution in [0.4, 0.5) is 0 Å². The molecule has 0 radical (unpaired) electrons. The zero-order chi connectivity index (χ0) is 9.02. The molecule has 0 aliphatic rings. The minimum absolute atomic E-state index is 0.0365. The van der Waals surface area contributed by atoms with Crippen LogP contribution in [-0.4, -0.2) is 33.6 Å². The molecule has 5 nitrogen and oxygen atoms in total. The molecule has 1 amide bonds. The molecule has 0 aromatic rings. The van der Waals surface area contributed by atoms with E-state index >= 15 is 0 Å². The van der Waals surface area contributed by atoms with Gasteiger partial charge in [-0.1, -0.05) is 6.58 Å². The largest absolute Gasteiger partial charge is 0.387 e. The second-order valence-corrected chi connectivity index (χ2v) is 2.15. The van der Waals surface area contributed by atoms with Gasteiger partial charge in [0.05, 0.1) is 0 Å². The lowest BCUT2D eigenvalue weighted by Gasteiger charge is -2.11. The summed E-state index contributed by atoms with van der Waals surface area (Å²) in [6.07, 6.45) is -3.51. The van der Waals surface area contributed by atoms with Crippen LogP contribution in [0, 0.1) is 0 Å². The Bertz CT molecular complexity index is 166. The van der Waals surface area contributed by atoms with Gasteiger partial charge in [-0.15, -0.1) is 0 Å². The highest BCUT2D eigenvalue weighted by molar-refractivity contribution is 5.91. The summed E-state index contributed by atoms with van der Waals surface area (Å²) in [5.41, 5.74) is 4.74. The Morgan fingerprint density at radius 3 is 2.18 bits per heavy atom. The molecule has 64 valence electrons. The molecule has 0 saturated carbocycles. The monoisotopic (exact) mass is 161 g/mol. The van der Waals surface area contributed by atoms with Gasteiger partial charge in [-0.05, 0) is 0 Å². The van der Waals surface area contributed by atoms with Crippen molar-refractivity contribution in [2.24, 2.45) is 5.73 Å². The summed E-state index contributed by atoms with van der Waals surface area (Å²) in [6, 6.07) is 0. The molecule has 5 heteroatoms. The van der Waals surface area contributed by atoms with E-state index in [-0.39, 0.29) is 12.0 Å². The van der Waals surface area contributed by atoms with Crippen LogP contribution in [0.15, 0.2) is 12.2 Å². The minimum Gasteiger partial charge on any atom is -0.387 e. The Balaban J connectivity index is 3.85. The second kappa shape index (κ2) is 4.07. The van der Waals surface area contributed by atoms with Crippen molar-refractivity contribution < 1.29 is 20.1 Å². The van der Waals surface area contributed by atoms with Gasteiger partial charge in [-0.25, -0.2) is 0 Å². The van der Waals surface area contributed by atoms with Crippen molar-refractivity contribution in [3.05, 3.63) is 12.2 Å². The maximum Gasteiger partial charge on any atom is 0.244 e. The molecule has 0 aromatic heterocycles. The Morgan fingerprint density at radius 2 is 1.91 bits per heavy atom. The summed E-state index contributed by atoms with van der Waals surface area (Å²) in [7, 11) is 0. The number of hydrogen-bond donors (Lipinski definition) is 4. The topological polar surface area (TPSA) is 104 Å². The van der Waals surface area contributed by atoms with Gasteiger partial charge < -0.3 is 21.1 Å². The zero-order valence-electron chi connectivity index (χ0n) is 5.90. The van der Waals surface area contributed by atoms with Crippen molar-refractivity contribution >= 4 is 5.91 Å². The minimum atomic E-state index is -1.87. The summed E-state index contributed by atoms with van der Waals surface area (Å²) < 4.78 is 0. The maximum atomic E-state index is 10.3. The van der Waals surface area contributed by atoms with Crippen molar-refractivity contribution in [3.8, 4) is 0 Å². The van der Waals surface area contributed by atoms with Crippen LogP contribution in [0.3, 0.4) is 0 Å². The highest BCUT2D eigenvalue weighted by atomic mass is 16.5. The van der Waals surface area contributed by atoms with E-state index in [1.807, 2.05) is 0 Å². The van der Waals surface area contributed by atoms with E-state index in [2.05, 4.69) is 6.58 Å². The molecule has 0 aromatic carbocycles. The Labute approximate surface area is 63.8 Å². The van der Waals surface area contributed by atoms with Crippen molar-refractivity contribution in [2.75, 3.05) is 0 Å². The number of aliphatic hydroxyl groups is 3. The number of rotatable bonds is 4. The first-order valence-corrected chi connectivity index (χ1v) is 2.97. The first-order valence-electron chi connectivity index (χ1n) is 2.97. The fraction of sp³-hybridized carbons (Fsp3) is 0.500. The smallest absolute Gasteiger partial charge is 0.244 e. The van der Waals surface area contributed by atoms with E-state index < -0.39 is 18.3 Å². The molecule has 0 heterocycles. The van der Waals surface area contributed by atoms with Gasteiger partial charge in [0, 0.05) is 12.0 Å². The standard InChI is InChI=1S/C6H11NO4/c1-3(5(7)9)2-4(8)6(10)11/h4,6,8,10-11H,1-2H2,(H2,7,9). The number of carbonyl (C=O) groups excluding carboxylic acids is 1. The third kappa shape index (κ3) is 3.72. The quantitative estimate of drug-likeness (QED) is 0.285. The second-order valence-electron chi connectivity index (χ2n) is 2.15. The molecule has 0 saturated heterocycles. The van der Waals surface area contributed by atoms with Crippen LogP contribution in [0.25, 0.3) is 0 Å². The van der Waals surface area contributed by atoms with Crippen molar-refractivity contribution in [1.82, 2.24) is 0 Å². The predicted molar refractivity (Wildman–Crippen MR) is 37.2 cm³/mol. The van der Waals surface area contributed by atoms with E-state index in [9.17, 15) is 4.79 Å². The SMILES string of the molecule is C=C(CC(O)C(O)O)C(N)=O. The Hall–Kier alpha value is -0.910. The number of hydrogen-bond acceptors (Lipinski definition) is 4. The van der Waals surface area contributed by atoms with E-state index in [1.54, 1.807) is 0 Å². The van der Waals surface area contributed by atoms with Crippen molar-refractivity contribution in [1.29, 1.82) is 0 Å². The van der Waals surface area contributed by atoms with Gasteiger partial charge in [-0.2, -0.15) is 0 Å². The van der Waals surface area contributed by atoms with E-state index in [4.69, 9.17) is 21.1 Å². The van der Waals surface area contributed by atoms with E-state index in [0.29, 0.717) is 0 Å². The van der Waals surface area contributed by atoms with Crippen LogP contribution >= 0.6 is 0 Å². The van der Waals surface area contributed by atoms with Gasteiger partial charge in [-0.3, -0.25) is 4.79 Å². The fourth-order valence-electron chi connectivity index (χ4n) is 0.458. The number of carbonyl (C=O) groups is 1. The van der Waals surface area contributed by atoms with Crippen molar-refractivity contribution in [2.45, 2.75) is 18.8 Å². The molecule has 5 N–H and O–H groups in total. The number of aliphatic hydroxyl groups excluding tert-OH is 2. The van der Waals surface area contributed by atoms with E-state index in [0.717, 1.165) is 0 Å². The molecule has 0 spiro atoms. The third-order valence-electron chi connectivity index (χ3n) is 1.15. The van der Waals surface area contributed by atoms with Crippen LogP contribution in [-0.2, 0) is 4.79 Å². The predicted octanol–water partition coefficient (Wildman–Crippen LogP) is -1.91. The highest BCUT2D eigenvalue weighted by Crippen LogP contribution is 2.04. The van der Waals surface area contributed by atoms with Crippen LogP contribution in [0.2, 0.25) is 0 Å². The van der Waals surface area contributed by atoms with E-state index in [1.165, 1.54) is 0 Å².